The van der Waals surface area contributed by atoms with Gasteiger partial charge >= 0.3 is 5.97 Å². The molecule has 0 aromatic heterocycles. The summed E-state index contributed by atoms with van der Waals surface area (Å²) >= 11 is 0. The van der Waals surface area contributed by atoms with E-state index in [1.165, 1.54) is 12.8 Å². The standard InChI is InChI=1S/C14H21NO4/c1-2-19-12(16)7-14(8-15(17)18)10-5-3-9-4-6-11(14)13(9)10/h9-11,13H,2-8H2,1H3/t9?,10-,11+,13?,14-. The summed E-state index contributed by atoms with van der Waals surface area (Å²) < 4.78 is 5.05. The smallest absolute Gasteiger partial charge is 0.306 e. The Hall–Kier alpha value is -1.13. The van der Waals surface area contributed by atoms with Gasteiger partial charge in [-0.3, -0.25) is 14.9 Å². The second-order valence-electron chi connectivity index (χ2n) is 6.41. The van der Waals surface area contributed by atoms with E-state index in [1.54, 1.807) is 6.92 Å². The van der Waals surface area contributed by atoms with E-state index in [0.717, 1.165) is 18.8 Å². The van der Waals surface area contributed by atoms with E-state index in [2.05, 4.69) is 0 Å². The third kappa shape index (κ3) is 1.77. The molecule has 3 saturated carbocycles. The minimum atomic E-state index is -0.397. The summed E-state index contributed by atoms with van der Waals surface area (Å²) in [5.74, 6) is 1.96. The molecule has 5 atom stereocenters. The largest absolute Gasteiger partial charge is 0.466 e. The quantitative estimate of drug-likeness (QED) is 0.435. The monoisotopic (exact) mass is 267 g/mol. The molecule has 3 aliphatic carbocycles. The Morgan fingerprint density at radius 1 is 1.32 bits per heavy atom. The highest BCUT2D eigenvalue weighted by molar-refractivity contribution is 5.70. The molecular weight excluding hydrogens is 246 g/mol. The molecule has 0 heterocycles. The van der Waals surface area contributed by atoms with Crippen molar-refractivity contribution < 1.29 is 14.5 Å². The third-order valence-electron chi connectivity index (χ3n) is 5.85. The number of esters is 1. The number of nitro groups is 1. The van der Waals surface area contributed by atoms with E-state index in [4.69, 9.17) is 4.74 Å². The highest BCUT2D eigenvalue weighted by atomic mass is 16.6. The molecule has 0 saturated heterocycles. The normalized spacial score (nSPS) is 42.6. The first-order valence-corrected chi connectivity index (χ1v) is 7.36. The van der Waals surface area contributed by atoms with Gasteiger partial charge in [0.1, 0.15) is 0 Å². The lowest BCUT2D eigenvalue weighted by Gasteiger charge is -2.55. The van der Waals surface area contributed by atoms with Crippen LogP contribution >= 0.6 is 0 Å². The Bertz CT molecular complexity index is 392. The number of nitrogens with zero attached hydrogens (tertiary/aromatic N) is 1. The molecule has 0 bridgehead atoms. The fraction of sp³-hybridized carbons (Fsp3) is 0.929. The topological polar surface area (TPSA) is 69.4 Å². The Morgan fingerprint density at radius 3 is 2.47 bits per heavy atom. The van der Waals surface area contributed by atoms with E-state index >= 15 is 0 Å². The molecule has 5 nitrogen and oxygen atoms in total. The SMILES string of the molecule is CCOC(=O)C[C@@]1(C[N+](=O)[O-])[C@@H]2CCC3CC[C@H]1C32. The van der Waals surface area contributed by atoms with Crippen molar-refractivity contribution in [3.8, 4) is 0 Å². The van der Waals surface area contributed by atoms with Crippen LogP contribution in [0.3, 0.4) is 0 Å². The van der Waals surface area contributed by atoms with Gasteiger partial charge in [0.05, 0.1) is 18.4 Å². The molecule has 0 radical (unpaired) electrons. The van der Waals surface area contributed by atoms with Crippen molar-refractivity contribution in [3.63, 3.8) is 0 Å². The second kappa shape index (κ2) is 4.46. The van der Waals surface area contributed by atoms with Crippen LogP contribution in [-0.4, -0.2) is 24.0 Å². The molecule has 3 fully saturated rings. The summed E-state index contributed by atoms with van der Waals surface area (Å²) in [5, 5.41) is 11.1. The zero-order chi connectivity index (χ0) is 13.6. The van der Waals surface area contributed by atoms with Crippen molar-refractivity contribution in [3.05, 3.63) is 10.1 Å². The fourth-order valence-electron chi connectivity index (χ4n) is 5.41. The average Bonchev–Trinajstić information content (AvgIpc) is 2.82. The lowest BCUT2D eigenvalue weighted by molar-refractivity contribution is -0.511. The van der Waals surface area contributed by atoms with Gasteiger partial charge in [-0.1, -0.05) is 0 Å². The highest BCUT2D eigenvalue weighted by Gasteiger charge is 2.70. The molecular formula is C14H21NO4. The highest BCUT2D eigenvalue weighted by Crippen LogP contribution is 2.72. The summed E-state index contributed by atoms with van der Waals surface area (Å²) in [7, 11) is 0. The number of carbonyl (C=O) groups is 1. The van der Waals surface area contributed by atoms with Crippen LogP contribution in [0.2, 0.25) is 0 Å². The molecule has 0 aromatic rings. The number of hydrogen-bond acceptors (Lipinski definition) is 4. The van der Waals surface area contributed by atoms with Crippen molar-refractivity contribution >= 4 is 5.97 Å². The van der Waals surface area contributed by atoms with E-state index in [9.17, 15) is 14.9 Å². The van der Waals surface area contributed by atoms with Gasteiger partial charge in [-0.2, -0.15) is 0 Å². The molecule has 106 valence electrons. The van der Waals surface area contributed by atoms with Crippen LogP contribution in [-0.2, 0) is 9.53 Å². The van der Waals surface area contributed by atoms with Gasteiger partial charge in [0, 0.05) is 4.92 Å². The summed E-state index contributed by atoms with van der Waals surface area (Å²) in [6.07, 6.45) is 4.79. The number of rotatable bonds is 5. The zero-order valence-corrected chi connectivity index (χ0v) is 11.3. The van der Waals surface area contributed by atoms with Gasteiger partial charge in [0.15, 0.2) is 0 Å². The molecule has 0 N–H and O–H groups in total. The van der Waals surface area contributed by atoms with Crippen LogP contribution < -0.4 is 0 Å². The van der Waals surface area contributed by atoms with E-state index < -0.39 is 5.41 Å². The fourth-order valence-corrected chi connectivity index (χ4v) is 5.41. The van der Waals surface area contributed by atoms with Crippen LogP contribution in [0.1, 0.15) is 39.0 Å². The number of carbonyl (C=O) groups excluding carboxylic acids is 1. The van der Waals surface area contributed by atoms with Crippen molar-refractivity contribution in [2.24, 2.45) is 29.1 Å². The lowest BCUT2D eigenvalue weighted by Crippen LogP contribution is -2.58. The Kier molecular flexibility index (Phi) is 3.02. The first-order chi connectivity index (χ1) is 9.08. The van der Waals surface area contributed by atoms with Gasteiger partial charge in [0.25, 0.3) is 0 Å². The predicted molar refractivity (Wildman–Crippen MR) is 68.0 cm³/mol. The van der Waals surface area contributed by atoms with Crippen LogP contribution in [0.25, 0.3) is 0 Å². The Labute approximate surface area is 112 Å². The molecule has 0 amide bonds. The first kappa shape index (κ1) is 12.9. The third-order valence-corrected chi connectivity index (χ3v) is 5.85. The summed E-state index contributed by atoms with van der Waals surface area (Å²) in [6.45, 7) is 2.09. The molecule has 5 heteroatoms. The Morgan fingerprint density at radius 2 is 1.95 bits per heavy atom. The number of ether oxygens (including phenoxy) is 1. The molecule has 3 aliphatic rings. The van der Waals surface area contributed by atoms with Crippen molar-refractivity contribution in [1.82, 2.24) is 0 Å². The van der Waals surface area contributed by atoms with Gasteiger partial charge < -0.3 is 4.74 Å². The van der Waals surface area contributed by atoms with E-state index in [1.807, 2.05) is 0 Å². The maximum atomic E-state index is 11.9. The van der Waals surface area contributed by atoms with Gasteiger partial charge in [0.2, 0.25) is 6.54 Å². The summed E-state index contributed by atoms with van der Waals surface area (Å²) in [5.41, 5.74) is -0.397. The van der Waals surface area contributed by atoms with E-state index in [0.29, 0.717) is 24.4 Å². The lowest BCUT2D eigenvalue weighted by atomic mass is 9.47. The van der Waals surface area contributed by atoms with Gasteiger partial charge in [-0.25, -0.2) is 0 Å². The first-order valence-electron chi connectivity index (χ1n) is 7.36. The molecule has 2 unspecified atom stereocenters. The van der Waals surface area contributed by atoms with Crippen molar-refractivity contribution in [2.75, 3.05) is 13.2 Å². The second-order valence-corrected chi connectivity index (χ2v) is 6.41. The molecule has 19 heavy (non-hydrogen) atoms. The zero-order valence-electron chi connectivity index (χ0n) is 11.3. The minimum Gasteiger partial charge on any atom is -0.466 e. The molecule has 0 aromatic carbocycles. The molecule has 0 spiro atoms. The van der Waals surface area contributed by atoms with Crippen LogP contribution in [0.5, 0.6) is 0 Å². The molecule has 3 rings (SSSR count). The van der Waals surface area contributed by atoms with Crippen LogP contribution in [0.4, 0.5) is 0 Å². The van der Waals surface area contributed by atoms with Crippen molar-refractivity contribution in [2.45, 2.75) is 39.0 Å². The van der Waals surface area contributed by atoms with Gasteiger partial charge in [-0.05, 0) is 56.3 Å². The van der Waals surface area contributed by atoms with Crippen LogP contribution in [0.15, 0.2) is 0 Å². The molecule has 0 aliphatic heterocycles. The average molecular weight is 267 g/mol. The van der Waals surface area contributed by atoms with Crippen molar-refractivity contribution in [1.29, 1.82) is 0 Å². The van der Waals surface area contributed by atoms with E-state index in [-0.39, 0.29) is 23.9 Å². The van der Waals surface area contributed by atoms with Gasteiger partial charge in [-0.15, -0.1) is 0 Å². The number of hydrogen-bond donors (Lipinski definition) is 0. The minimum absolute atomic E-state index is 0.0512. The summed E-state index contributed by atoms with van der Waals surface area (Å²) in [4.78, 5) is 22.7. The van der Waals surface area contributed by atoms with Crippen LogP contribution in [0, 0.1) is 39.2 Å². The summed E-state index contributed by atoms with van der Waals surface area (Å²) in [6, 6.07) is 0. The Balaban J connectivity index is 1.82. The predicted octanol–water partition coefficient (Wildman–Crippen LogP) is 2.27. The maximum absolute atomic E-state index is 11.9. The maximum Gasteiger partial charge on any atom is 0.306 e.